The van der Waals surface area contributed by atoms with Crippen LogP contribution in [-0.4, -0.2) is 40.7 Å². The minimum absolute atomic E-state index is 0.349. The summed E-state index contributed by atoms with van der Waals surface area (Å²) in [4.78, 5) is 6.50. The molecule has 5 nitrogen and oxygen atoms in total. The van der Waals surface area contributed by atoms with Gasteiger partial charge in [0.05, 0.1) is 0 Å². The third kappa shape index (κ3) is 2.30. The number of hydrogen-bond acceptors (Lipinski definition) is 5. The van der Waals surface area contributed by atoms with Crippen molar-refractivity contribution in [1.82, 2.24) is 15.0 Å². The first-order valence-corrected chi connectivity index (χ1v) is 5.01. The van der Waals surface area contributed by atoms with Crippen LogP contribution in [0, 0.1) is 6.92 Å². The van der Waals surface area contributed by atoms with Crippen molar-refractivity contribution in [2.24, 2.45) is 5.73 Å². The lowest BCUT2D eigenvalue weighted by atomic mass is 10.3. The van der Waals surface area contributed by atoms with Crippen molar-refractivity contribution >= 4 is 0 Å². The lowest BCUT2D eigenvalue weighted by molar-refractivity contribution is 0.331. The van der Waals surface area contributed by atoms with Crippen LogP contribution in [0.2, 0.25) is 0 Å². The molecule has 0 aliphatic carbocycles. The fourth-order valence-electron chi connectivity index (χ4n) is 1.77. The van der Waals surface area contributed by atoms with E-state index in [2.05, 4.69) is 15.0 Å². The molecule has 0 aromatic carbocycles. The summed E-state index contributed by atoms with van der Waals surface area (Å²) < 4.78 is 4.90. The number of nitrogens with two attached hydrogens (primary N) is 1. The highest BCUT2D eigenvalue weighted by Gasteiger charge is 2.18. The smallest absolute Gasteiger partial charge is 0.223 e. The van der Waals surface area contributed by atoms with Crippen LogP contribution in [0.5, 0.6) is 0 Å². The van der Waals surface area contributed by atoms with E-state index in [1.807, 2.05) is 6.92 Å². The summed E-state index contributed by atoms with van der Waals surface area (Å²) in [5, 5.41) is 3.85. The standard InChI is InChI=1S/C9H16N4O/c1-7-11-9(12-14-7)3-5-13-4-2-8(10)6-13/h8H,2-6,10H2,1H3. The van der Waals surface area contributed by atoms with Crippen molar-refractivity contribution in [3.05, 3.63) is 11.7 Å². The second kappa shape index (κ2) is 4.06. The van der Waals surface area contributed by atoms with Crippen LogP contribution in [0.4, 0.5) is 0 Å². The van der Waals surface area contributed by atoms with Gasteiger partial charge in [-0.2, -0.15) is 4.98 Å². The fraction of sp³-hybridized carbons (Fsp3) is 0.778. The molecule has 14 heavy (non-hydrogen) atoms. The maximum atomic E-state index is 5.81. The normalized spacial score (nSPS) is 23.1. The van der Waals surface area contributed by atoms with Crippen molar-refractivity contribution < 1.29 is 4.52 Å². The van der Waals surface area contributed by atoms with Crippen LogP contribution in [-0.2, 0) is 6.42 Å². The van der Waals surface area contributed by atoms with Crippen LogP contribution in [0.25, 0.3) is 0 Å². The number of likely N-dealkylation sites (tertiary alicyclic amines) is 1. The van der Waals surface area contributed by atoms with Gasteiger partial charge in [-0.3, -0.25) is 0 Å². The first kappa shape index (κ1) is 9.61. The molecular weight excluding hydrogens is 180 g/mol. The zero-order valence-electron chi connectivity index (χ0n) is 8.44. The Balaban J connectivity index is 1.77. The number of aryl methyl sites for hydroxylation is 1. The highest BCUT2D eigenvalue weighted by molar-refractivity contribution is 4.86. The molecular formula is C9H16N4O. The Kier molecular flexibility index (Phi) is 2.79. The molecule has 1 fully saturated rings. The number of hydrogen-bond donors (Lipinski definition) is 1. The molecule has 1 aliphatic rings. The molecule has 1 aliphatic heterocycles. The third-order valence-electron chi connectivity index (χ3n) is 2.53. The first-order chi connectivity index (χ1) is 6.74. The predicted octanol–water partition coefficient (Wildman–Crippen LogP) is -0.0465. The van der Waals surface area contributed by atoms with Gasteiger partial charge < -0.3 is 15.2 Å². The minimum atomic E-state index is 0.349. The SMILES string of the molecule is Cc1nc(CCN2CCC(N)C2)no1. The number of aromatic nitrogens is 2. The topological polar surface area (TPSA) is 68.2 Å². The average Bonchev–Trinajstić information content (AvgIpc) is 2.72. The molecule has 0 spiro atoms. The highest BCUT2D eigenvalue weighted by atomic mass is 16.5. The fourth-order valence-corrected chi connectivity index (χ4v) is 1.77. The monoisotopic (exact) mass is 196 g/mol. The Bertz CT molecular complexity index is 299. The van der Waals surface area contributed by atoms with Gasteiger partial charge in [0.25, 0.3) is 0 Å². The van der Waals surface area contributed by atoms with Gasteiger partial charge in [0.15, 0.2) is 5.82 Å². The van der Waals surface area contributed by atoms with Gasteiger partial charge >= 0.3 is 0 Å². The maximum Gasteiger partial charge on any atom is 0.223 e. The van der Waals surface area contributed by atoms with E-state index in [0.29, 0.717) is 11.9 Å². The van der Waals surface area contributed by atoms with E-state index >= 15 is 0 Å². The Morgan fingerprint density at radius 1 is 1.64 bits per heavy atom. The first-order valence-electron chi connectivity index (χ1n) is 5.01. The molecule has 0 amide bonds. The Morgan fingerprint density at radius 3 is 3.07 bits per heavy atom. The van der Waals surface area contributed by atoms with Crippen molar-refractivity contribution in [2.45, 2.75) is 25.8 Å². The van der Waals surface area contributed by atoms with E-state index in [1.165, 1.54) is 0 Å². The molecule has 2 heterocycles. The quantitative estimate of drug-likeness (QED) is 0.734. The van der Waals surface area contributed by atoms with Crippen LogP contribution in [0.15, 0.2) is 4.52 Å². The van der Waals surface area contributed by atoms with Crippen LogP contribution < -0.4 is 5.73 Å². The van der Waals surface area contributed by atoms with Crippen molar-refractivity contribution in [2.75, 3.05) is 19.6 Å². The average molecular weight is 196 g/mol. The van der Waals surface area contributed by atoms with E-state index in [-0.39, 0.29) is 0 Å². The van der Waals surface area contributed by atoms with E-state index in [9.17, 15) is 0 Å². The molecule has 0 bridgehead atoms. The largest absolute Gasteiger partial charge is 0.340 e. The maximum absolute atomic E-state index is 5.81. The molecule has 1 aromatic heterocycles. The molecule has 5 heteroatoms. The van der Waals surface area contributed by atoms with E-state index in [0.717, 1.165) is 38.3 Å². The van der Waals surface area contributed by atoms with E-state index in [1.54, 1.807) is 0 Å². The van der Waals surface area contributed by atoms with Gasteiger partial charge in [-0.15, -0.1) is 0 Å². The van der Waals surface area contributed by atoms with Gasteiger partial charge in [-0.25, -0.2) is 0 Å². The van der Waals surface area contributed by atoms with E-state index in [4.69, 9.17) is 10.3 Å². The lowest BCUT2D eigenvalue weighted by Gasteiger charge is -2.12. The molecule has 1 saturated heterocycles. The van der Waals surface area contributed by atoms with Gasteiger partial charge in [0, 0.05) is 32.5 Å². The second-order valence-electron chi connectivity index (χ2n) is 3.83. The third-order valence-corrected chi connectivity index (χ3v) is 2.53. The van der Waals surface area contributed by atoms with Crippen molar-refractivity contribution in [3.8, 4) is 0 Å². The molecule has 2 N–H and O–H groups in total. The molecule has 0 saturated carbocycles. The van der Waals surface area contributed by atoms with Gasteiger partial charge in [-0.05, 0) is 13.0 Å². The summed E-state index contributed by atoms with van der Waals surface area (Å²) >= 11 is 0. The Hall–Kier alpha value is -0.940. The summed E-state index contributed by atoms with van der Waals surface area (Å²) in [6.45, 7) is 4.88. The summed E-state index contributed by atoms with van der Waals surface area (Å²) in [5.74, 6) is 1.43. The second-order valence-corrected chi connectivity index (χ2v) is 3.83. The van der Waals surface area contributed by atoms with Gasteiger partial charge in [0.2, 0.25) is 5.89 Å². The van der Waals surface area contributed by atoms with Crippen LogP contribution in [0.3, 0.4) is 0 Å². The van der Waals surface area contributed by atoms with E-state index < -0.39 is 0 Å². The van der Waals surface area contributed by atoms with Crippen LogP contribution >= 0.6 is 0 Å². The zero-order chi connectivity index (χ0) is 9.97. The highest BCUT2D eigenvalue weighted by Crippen LogP contribution is 2.07. The Morgan fingerprint density at radius 2 is 2.50 bits per heavy atom. The molecule has 78 valence electrons. The zero-order valence-corrected chi connectivity index (χ0v) is 8.44. The molecule has 1 aromatic rings. The van der Waals surface area contributed by atoms with Crippen molar-refractivity contribution in [3.63, 3.8) is 0 Å². The van der Waals surface area contributed by atoms with Gasteiger partial charge in [0.1, 0.15) is 0 Å². The number of rotatable bonds is 3. The van der Waals surface area contributed by atoms with Gasteiger partial charge in [-0.1, -0.05) is 5.16 Å². The molecule has 2 rings (SSSR count). The van der Waals surface area contributed by atoms with Crippen molar-refractivity contribution in [1.29, 1.82) is 0 Å². The summed E-state index contributed by atoms with van der Waals surface area (Å²) in [7, 11) is 0. The lowest BCUT2D eigenvalue weighted by Crippen LogP contribution is -2.28. The molecule has 1 atom stereocenters. The predicted molar refractivity (Wildman–Crippen MR) is 51.8 cm³/mol. The summed E-state index contributed by atoms with van der Waals surface area (Å²) in [6, 6.07) is 0.349. The summed E-state index contributed by atoms with van der Waals surface area (Å²) in [5.41, 5.74) is 5.81. The Labute approximate surface area is 83.3 Å². The number of nitrogens with zero attached hydrogens (tertiary/aromatic N) is 3. The minimum Gasteiger partial charge on any atom is -0.340 e. The molecule has 1 unspecified atom stereocenters. The molecule has 0 radical (unpaired) electrons. The summed E-state index contributed by atoms with van der Waals surface area (Å²) in [6.07, 6.45) is 1.95. The van der Waals surface area contributed by atoms with Crippen LogP contribution in [0.1, 0.15) is 18.1 Å².